The molecule has 0 bridgehead atoms. The van der Waals surface area contributed by atoms with Crippen LogP contribution in [-0.4, -0.2) is 30.2 Å². The third kappa shape index (κ3) is 6.14. The number of amides is 2. The molecule has 3 N–H and O–H groups in total. The lowest BCUT2D eigenvalue weighted by Gasteiger charge is -2.07. The lowest BCUT2D eigenvalue weighted by molar-refractivity contribution is -0.116. The molecule has 142 valence electrons. The van der Waals surface area contributed by atoms with Crippen LogP contribution in [0.15, 0.2) is 47.6 Å². The van der Waals surface area contributed by atoms with Crippen molar-refractivity contribution in [3.63, 3.8) is 0 Å². The highest BCUT2D eigenvalue weighted by atomic mass is 16.5. The van der Waals surface area contributed by atoms with Crippen LogP contribution in [0.3, 0.4) is 0 Å². The number of phenols is 1. The third-order valence-corrected chi connectivity index (χ3v) is 3.61. The van der Waals surface area contributed by atoms with Gasteiger partial charge in [0.25, 0.3) is 5.91 Å². The minimum absolute atomic E-state index is 0.0112. The Labute approximate surface area is 158 Å². The zero-order valence-electron chi connectivity index (χ0n) is 15.5. The molecular formula is C20H23N3O4. The van der Waals surface area contributed by atoms with Gasteiger partial charge in [-0.3, -0.25) is 9.59 Å². The van der Waals surface area contributed by atoms with Crippen LogP contribution in [0, 0.1) is 5.92 Å². The van der Waals surface area contributed by atoms with Crippen LogP contribution < -0.4 is 15.5 Å². The molecule has 7 nitrogen and oxygen atoms in total. The molecule has 0 aliphatic rings. The van der Waals surface area contributed by atoms with Gasteiger partial charge >= 0.3 is 0 Å². The number of ether oxygens (including phenoxy) is 1. The normalized spacial score (nSPS) is 10.8. The second kappa shape index (κ2) is 9.38. The number of benzene rings is 2. The maximum Gasteiger partial charge on any atom is 0.271 e. The number of rotatable bonds is 7. The minimum atomic E-state index is -0.385. The number of aromatic hydroxyl groups is 1. The molecule has 0 saturated carbocycles. The molecule has 7 heteroatoms. The van der Waals surface area contributed by atoms with Gasteiger partial charge in [-0.05, 0) is 53.9 Å². The maximum atomic E-state index is 12.1. The SMILES string of the molecule is COc1ccc(/C=N/NC(=O)c2ccc(NC(=O)CC(C)C)cc2)cc1O. The lowest BCUT2D eigenvalue weighted by Crippen LogP contribution is -2.18. The van der Waals surface area contributed by atoms with E-state index < -0.39 is 0 Å². The molecule has 0 spiro atoms. The number of methoxy groups -OCH3 is 1. The van der Waals surface area contributed by atoms with E-state index in [-0.39, 0.29) is 23.5 Å². The number of hydrogen-bond donors (Lipinski definition) is 3. The highest BCUT2D eigenvalue weighted by Gasteiger charge is 2.07. The average Bonchev–Trinajstić information content (AvgIpc) is 2.61. The Bertz CT molecular complexity index is 830. The predicted molar refractivity (Wildman–Crippen MR) is 104 cm³/mol. The molecule has 27 heavy (non-hydrogen) atoms. The molecule has 0 aliphatic carbocycles. The Morgan fingerprint density at radius 2 is 1.89 bits per heavy atom. The molecule has 0 atom stereocenters. The molecule has 0 aliphatic heterocycles. The van der Waals surface area contributed by atoms with Crippen molar-refractivity contribution in [2.45, 2.75) is 20.3 Å². The summed E-state index contributed by atoms with van der Waals surface area (Å²) in [6, 6.07) is 11.3. The standard InChI is InChI=1S/C20H23N3O4/c1-13(2)10-19(25)22-16-7-5-15(6-8-16)20(26)23-21-12-14-4-9-18(27-3)17(24)11-14/h4-9,11-13,24H,10H2,1-3H3,(H,22,25)(H,23,26)/b21-12+. The summed E-state index contributed by atoms with van der Waals surface area (Å²) in [5, 5.41) is 16.4. The Morgan fingerprint density at radius 1 is 1.19 bits per heavy atom. The van der Waals surface area contributed by atoms with Crippen molar-refractivity contribution < 1.29 is 19.4 Å². The number of hydrazone groups is 1. The van der Waals surface area contributed by atoms with E-state index in [1.807, 2.05) is 13.8 Å². The second-order valence-corrected chi connectivity index (χ2v) is 6.35. The van der Waals surface area contributed by atoms with Crippen LogP contribution in [0.1, 0.15) is 36.2 Å². The number of nitrogens with one attached hydrogen (secondary N) is 2. The second-order valence-electron chi connectivity index (χ2n) is 6.35. The van der Waals surface area contributed by atoms with Crippen molar-refractivity contribution in [1.29, 1.82) is 0 Å². The fraction of sp³-hybridized carbons (Fsp3) is 0.250. The molecule has 2 aromatic rings. The Morgan fingerprint density at radius 3 is 2.48 bits per heavy atom. The molecular weight excluding hydrogens is 346 g/mol. The van der Waals surface area contributed by atoms with Crippen LogP contribution >= 0.6 is 0 Å². The van der Waals surface area contributed by atoms with Gasteiger partial charge in [0.1, 0.15) is 0 Å². The fourth-order valence-corrected chi connectivity index (χ4v) is 2.31. The van der Waals surface area contributed by atoms with Crippen molar-refractivity contribution in [3.8, 4) is 11.5 Å². The van der Waals surface area contributed by atoms with Crippen molar-refractivity contribution >= 4 is 23.7 Å². The summed E-state index contributed by atoms with van der Waals surface area (Å²) in [5.74, 6) is 0.179. The van der Waals surface area contributed by atoms with Crippen molar-refractivity contribution in [1.82, 2.24) is 5.43 Å². The highest BCUT2D eigenvalue weighted by molar-refractivity contribution is 5.96. The Hall–Kier alpha value is -3.35. The van der Waals surface area contributed by atoms with Crippen LogP contribution in [-0.2, 0) is 4.79 Å². The first-order valence-corrected chi connectivity index (χ1v) is 8.49. The number of nitrogens with zero attached hydrogens (tertiary/aromatic N) is 1. The van der Waals surface area contributed by atoms with E-state index in [0.717, 1.165) is 0 Å². The summed E-state index contributed by atoms with van der Waals surface area (Å²) >= 11 is 0. The van der Waals surface area contributed by atoms with E-state index in [0.29, 0.717) is 29.0 Å². The first-order valence-electron chi connectivity index (χ1n) is 8.49. The summed E-state index contributed by atoms with van der Waals surface area (Å²) < 4.78 is 4.96. The Kier molecular flexibility index (Phi) is 6.93. The molecule has 0 saturated heterocycles. The van der Waals surface area contributed by atoms with Crippen molar-refractivity contribution in [3.05, 3.63) is 53.6 Å². The average molecular weight is 369 g/mol. The van der Waals surface area contributed by atoms with Gasteiger partial charge in [0, 0.05) is 17.7 Å². The van der Waals surface area contributed by atoms with Crippen molar-refractivity contribution in [2.24, 2.45) is 11.0 Å². The molecule has 0 unspecified atom stereocenters. The molecule has 2 aromatic carbocycles. The quantitative estimate of drug-likeness (QED) is 0.515. The van der Waals surface area contributed by atoms with Crippen LogP contribution in [0.25, 0.3) is 0 Å². The third-order valence-electron chi connectivity index (χ3n) is 3.61. The van der Waals surface area contributed by atoms with E-state index in [9.17, 15) is 14.7 Å². The van der Waals surface area contributed by atoms with Gasteiger partial charge in [0.2, 0.25) is 5.91 Å². The molecule has 2 rings (SSSR count). The fourth-order valence-electron chi connectivity index (χ4n) is 2.31. The van der Waals surface area contributed by atoms with Crippen LogP contribution in [0.5, 0.6) is 11.5 Å². The van der Waals surface area contributed by atoms with Crippen molar-refractivity contribution in [2.75, 3.05) is 12.4 Å². The summed E-state index contributed by atoms with van der Waals surface area (Å²) in [6.45, 7) is 3.95. The van der Waals surface area contributed by atoms with E-state index in [4.69, 9.17) is 4.74 Å². The zero-order valence-corrected chi connectivity index (χ0v) is 15.5. The number of carbonyl (C=O) groups excluding carboxylic acids is 2. The Balaban J connectivity index is 1.92. The largest absolute Gasteiger partial charge is 0.504 e. The number of hydrogen-bond acceptors (Lipinski definition) is 5. The van der Waals surface area contributed by atoms with E-state index >= 15 is 0 Å². The van der Waals surface area contributed by atoms with Crippen LogP contribution in [0.2, 0.25) is 0 Å². The van der Waals surface area contributed by atoms with Gasteiger partial charge < -0.3 is 15.2 Å². The molecule has 0 fully saturated rings. The predicted octanol–water partition coefficient (Wildman–Crippen LogP) is 3.15. The summed E-state index contributed by atoms with van der Waals surface area (Å²) in [4.78, 5) is 23.8. The topological polar surface area (TPSA) is 100 Å². The van der Waals surface area contributed by atoms with Gasteiger partial charge in [0.05, 0.1) is 13.3 Å². The monoisotopic (exact) mass is 369 g/mol. The van der Waals surface area contributed by atoms with E-state index in [2.05, 4.69) is 15.8 Å². The van der Waals surface area contributed by atoms with E-state index in [1.165, 1.54) is 19.4 Å². The molecule has 2 amide bonds. The van der Waals surface area contributed by atoms with Gasteiger partial charge in [-0.1, -0.05) is 13.8 Å². The summed E-state index contributed by atoms with van der Waals surface area (Å²) in [5.41, 5.74) is 4.06. The van der Waals surface area contributed by atoms with Gasteiger partial charge in [-0.25, -0.2) is 5.43 Å². The van der Waals surface area contributed by atoms with Crippen LogP contribution in [0.4, 0.5) is 5.69 Å². The first kappa shape index (κ1) is 20.0. The van der Waals surface area contributed by atoms with Gasteiger partial charge in [0.15, 0.2) is 11.5 Å². The maximum absolute atomic E-state index is 12.1. The first-order chi connectivity index (χ1) is 12.9. The summed E-state index contributed by atoms with van der Waals surface area (Å²) in [6.07, 6.45) is 1.86. The lowest BCUT2D eigenvalue weighted by atomic mass is 10.1. The molecule has 0 aromatic heterocycles. The minimum Gasteiger partial charge on any atom is -0.504 e. The molecule has 0 radical (unpaired) electrons. The number of phenolic OH excluding ortho intramolecular Hbond substituents is 1. The van der Waals surface area contributed by atoms with Gasteiger partial charge in [-0.15, -0.1) is 0 Å². The van der Waals surface area contributed by atoms with Gasteiger partial charge in [-0.2, -0.15) is 5.10 Å². The smallest absolute Gasteiger partial charge is 0.271 e. The molecule has 0 heterocycles. The summed E-state index contributed by atoms with van der Waals surface area (Å²) in [7, 11) is 1.46. The number of carbonyl (C=O) groups is 2. The zero-order chi connectivity index (χ0) is 19.8. The number of anilines is 1. The van der Waals surface area contributed by atoms with E-state index in [1.54, 1.807) is 36.4 Å². The highest BCUT2D eigenvalue weighted by Crippen LogP contribution is 2.25.